The number of halogens is 2. The minimum absolute atomic E-state index is 0.0212. The third kappa shape index (κ3) is 3.36. The molecule has 9 nitrogen and oxygen atoms in total. The molecule has 1 spiro atoms. The van der Waals surface area contributed by atoms with E-state index in [0.29, 0.717) is 56.8 Å². The lowest BCUT2D eigenvalue weighted by Gasteiger charge is -2.42. The number of rotatable bonds is 2. The van der Waals surface area contributed by atoms with Crippen molar-refractivity contribution in [2.75, 3.05) is 35.2 Å². The summed E-state index contributed by atoms with van der Waals surface area (Å²) in [6.45, 7) is 2.13. The van der Waals surface area contributed by atoms with Gasteiger partial charge in [0.15, 0.2) is 17.3 Å². The van der Waals surface area contributed by atoms with Crippen LogP contribution >= 0.6 is 0 Å². The van der Waals surface area contributed by atoms with Crippen LogP contribution in [0.1, 0.15) is 46.9 Å². The average molecular weight is 481 g/mol. The molecule has 182 valence electrons. The number of hydrogen-bond donors (Lipinski definition) is 2. The molecule has 11 heteroatoms. The van der Waals surface area contributed by atoms with E-state index in [2.05, 4.69) is 15.1 Å². The van der Waals surface area contributed by atoms with E-state index in [0.717, 1.165) is 12.0 Å². The van der Waals surface area contributed by atoms with Crippen LogP contribution in [0.5, 0.6) is 0 Å². The Bertz CT molecular complexity index is 1320. The SMILES string of the molecule is Nc1nc(N2CCC3(CC2)Cc2c(F)cccc2[C@H]3N)c(F)nc1C(=O)N1CCCn2nccc21. The van der Waals surface area contributed by atoms with Crippen LogP contribution in [0.3, 0.4) is 0 Å². The molecule has 0 bridgehead atoms. The minimum atomic E-state index is -0.839. The highest BCUT2D eigenvalue weighted by Gasteiger charge is 2.47. The van der Waals surface area contributed by atoms with Gasteiger partial charge in [-0.15, -0.1) is 0 Å². The summed E-state index contributed by atoms with van der Waals surface area (Å²) in [5.41, 5.74) is 13.7. The molecule has 0 unspecified atom stereocenters. The maximum atomic E-state index is 15.2. The topological polar surface area (TPSA) is 119 Å². The Hall–Kier alpha value is -3.60. The molecule has 2 aliphatic heterocycles. The number of nitrogen functional groups attached to an aromatic ring is 1. The molecule has 1 aromatic carbocycles. The van der Waals surface area contributed by atoms with E-state index in [9.17, 15) is 9.18 Å². The molecule has 4 heterocycles. The van der Waals surface area contributed by atoms with Crippen molar-refractivity contribution < 1.29 is 13.6 Å². The number of piperidine rings is 1. The van der Waals surface area contributed by atoms with Crippen LogP contribution in [0.4, 0.5) is 26.2 Å². The second-order valence-corrected chi connectivity index (χ2v) is 9.61. The van der Waals surface area contributed by atoms with Crippen LogP contribution < -0.4 is 21.3 Å². The quantitative estimate of drug-likeness (QED) is 0.578. The van der Waals surface area contributed by atoms with Gasteiger partial charge in [0.1, 0.15) is 11.6 Å². The van der Waals surface area contributed by atoms with Gasteiger partial charge in [-0.2, -0.15) is 9.49 Å². The van der Waals surface area contributed by atoms with Gasteiger partial charge >= 0.3 is 0 Å². The van der Waals surface area contributed by atoms with Gasteiger partial charge in [0.05, 0.1) is 6.20 Å². The van der Waals surface area contributed by atoms with Crippen molar-refractivity contribution in [3.8, 4) is 0 Å². The predicted octanol–water partition coefficient (Wildman–Crippen LogP) is 2.43. The highest BCUT2D eigenvalue weighted by molar-refractivity contribution is 6.07. The summed E-state index contributed by atoms with van der Waals surface area (Å²) in [5.74, 6) is -1.04. The van der Waals surface area contributed by atoms with Crippen molar-refractivity contribution in [2.24, 2.45) is 11.1 Å². The molecule has 0 saturated carbocycles. The second kappa shape index (κ2) is 7.98. The first-order valence-electron chi connectivity index (χ1n) is 11.8. The highest BCUT2D eigenvalue weighted by atomic mass is 19.1. The van der Waals surface area contributed by atoms with Crippen molar-refractivity contribution in [1.29, 1.82) is 0 Å². The van der Waals surface area contributed by atoms with Crippen molar-refractivity contribution in [1.82, 2.24) is 19.7 Å². The average Bonchev–Trinajstić information content (AvgIpc) is 3.45. The number of nitrogens with zero attached hydrogens (tertiary/aromatic N) is 6. The monoisotopic (exact) mass is 480 g/mol. The summed E-state index contributed by atoms with van der Waals surface area (Å²) < 4.78 is 31.2. The van der Waals surface area contributed by atoms with E-state index in [1.54, 1.807) is 27.9 Å². The molecule has 1 amide bonds. The molecule has 1 atom stereocenters. The second-order valence-electron chi connectivity index (χ2n) is 9.61. The smallest absolute Gasteiger partial charge is 0.281 e. The third-order valence-electron chi connectivity index (χ3n) is 7.77. The summed E-state index contributed by atoms with van der Waals surface area (Å²) in [4.78, 5) is 24.6. The van der Waals surface area contributed by atoms with Gasteiger partial charge in [0.2, 0.25) is 0 Å². The molecule has 1 saturated heterocycles. The lowest BCUT2D eigenvalue weighted by Crippen LogP contribution is -2.45. The standard InChI is InChI=1S/C24H26F2N8O/c25-16-4-1-3-14-15(16)13-24(19(14)27)6-11-32(12-7-24)22-20(26)30-18(21(28)31-22)23(35)33-9-2-10-34-17(33)5-8-29-34/h1,3-5,8,19H,2,6-7,9-13,27H2,(H2,28,31)/t19-/m1/s1. The number of fused-ring (bicyclic) bond motifs is 2. The van der Waals surface area contributed by atoms with E-state index in [4.69, 9.17) is 11.5 Å². The fourth-order valence-electron chi connectivity index (χ4n) is 5.83. The Balaban J connectivity index is 1.21. The molecule has 0 radical (unpaired) electrons. The van der Waals surface area contributed by atoms with Gasteiger partial charge in [-0.3, -0.25) is 9.69 Å². The third-order valence-corrected chi connectivity index (χ3v) is 7.77. The van der Waals surface area contributed by atoms with E-state index < -0.39 is 11.9 Å². The van der Waals surface area contributed by atoms with Crippen LogP contribution in [0.25, 0.3) is 0 Å². The van der Waals surface area contributed by atoms with Gasteiger partial charge in [-0.25, -0.2) is 19.0 Å². The van der Waals surface area contributed by atoms with E-state index >= 15 is 4.39 Å². The van der Waals surface area contributed by atoms with Crippen molar-refractivity contribution in [3.63, 3.8) is 0 Å². The Morgan fingerprint density at radius 3 is 2.66 bits per heavy atom. The molecule has 4 N–H and O–H groups in total. The molecule has 35 heavy (non-hydrogen) atoms. The molecule has 1 aliphatic carbocycles. The Morgan fingerprint density at radius 2 is 1.89 bits per heavy atom. The van der Waals surface area contributed by atoms with Crippen molar-refractivity contribution in [3.05, 3.63) is 59.0 Å². The van der Waals surface area contributed by atoms with Gasteiger partial charge < -0.3 is 16.4 Å². The number of carbonyl (C=O) groups is 1. The molecule has 3 aromatic rings. The zero-order chi connectivity index (χ0) is 24.3. The summed E-state index contributed by atoms with van der Waals surface area (Å²) in [5, 5.41) is 4.20. The molecule has 2 aromatic heterocycles. The van der Waals surface area contributed by atoms with E-state index in [1.807, 2.05) is 6.07 Å². The van der Waals surface area contributed by atoms with Gasteiger partial charge in [-0.1, -0.05) is 12.1 Å². The fraction of sp³-hybridized carbons (Fsp3) is 0.417. The van der Waals surface area contributed by atoms with E-state index in [1.165, 1.54) is 11.0 Å². The van der Waals surface area contributed by atoms with Crippen molar-refractivity contribution in [2.45, 2.75) is 38.3 Å². The van der Waals surface area contributed by atoms with Crippen LogP contribution in [-0.2, 0) is 13.0 Å². The number of amides is 1. The molecule has 6 rings (SSSR count). The summed E-state index contributed by atoms with van der Waals surface area (Å²) in [7, 11) is 0. The normalized spacial score (nSPS) is 20.7. The number of nitrogens with two attached hydrogens (primary N) is 2. The predicted molar refractivity (Wildman–Crippen MR) is 126 cm³/mol. The van der Waals surface area contributed by atoms with Crippen LogP contribution in [0, 0.1) is 17.2 Å². The molecule has 3 aliphatic rings. The zero-order valence-corrected chi connectivity index (χ0v) is 19.1. The number of hydrogen-bond acceptors (Lipinski definition) is 7. The number of benzene rings is 1. The number of carbonyl (C=O) groups excluding carboxylic acids is 1. The largest absolute Gasteiger partial charge is 0.382 e. The molecular weight excluding hydrogens is 454 g/mol. The fourth-order valence-corrected chi connectivity index (χ4v) is 5.83. The van der Waals surface area contributed by atoms with Gasteiger partial charge in [0, 0.05) is 38.3 Å². The highest BCUT2D eigenvalue weighted by Crippen LogP contribution is 2.51. The summed E-state index contributed by atoms with van der Waals surface area (Å²) in [6, 6.07) is 6.51. The number of aromatic nitrogens is 4. The number of anilines is 3. The first-order chi connectivity index (χ1) is 16.9. The summed E-state index contributed by atoms with van der Waals surface area (Å²) >= 11 is 0. The van der Waals surface area contributed by atoms with Crippen molar-refractivity contribution >= 4 is 23.4 Å². The number of aryl methyl sites for hydroxylation is 1. The van der Waals surface area contributed by atoms with Crippen LogP contribution in [0.15, 0.2) is 30.5 Å². The lowest BCUT2D eigenvalue weighted by molar-refractivity contribution is 0.0976. The first kappa shape index (κ1) is 21.9. The Morgan fingerprint density at radius 1 is 1.09 bits per heavy atom. The summed E-state index contributed by atoms with van der Waals surface area (Å²) in [6.07, 6.45) is 4.22. The van der Waals surface area contributed by atoms with E-state index in [-0.39, 0.29) is 34.6 Å². The lowest BCUT2D eigenvalue weighted by atomic mass is 9.73. The maximum absolute atomic E-state index is 15.2. The van der Waals surface area contributed by atoms with Crippen LogP contribution in [0.2, 0.25) is 0 Å². The van der Waals surface area contributed by atoms with Gasteiger partial charge in [-0.05, 0) is 48.3 Å². The Kier molecular flexibility index (Phi) is 4.99. The minimum Gasteiger partial charge on any atom is -0.382 e. The zero-order valence-electron chi connectivity index (χ0n) is 19.1. The van der Waals surface area contributed by atoms with Crippen LogP contribution in [-0.4, -0.2) is 45.3 Å². The Labute approximate surface area is 200 Å². The maximum Gasteiger partial charge on any atom is 0.281 e. The molecule has 1 fully saturated rings. The van der Waals surface area contributed by atoms with Gasteiger partial charge in [0.25, 0.3) is 11.9 Å². The molecular formula is C24H26F2N8O. The first-order valence-corrected chi connectivity index (χ1v) is 11.8.